The van der Waals surface area contributed by atoms with Crippen molar-refractivity contribution in [2.75, 3.05) is 19.8 Å². The van der Waals surface area contributed by atoms with E-state index in [9.17, 15) is 5.11 Å². The number of aliphatic hydroxyl groups is 1. The van der Waals surface area contributed by atoms with E-state index in [1.54, 1.807) is 6.20 Å². The Kier molecular flexibility index (Phi) is 4.35. The predicted octanol–water partition coefficient (Wildman–Crippen LogP) is 2.52. The van der Waals surface area contributed by atoms with Crippen LogP contribution in [0.3, 0.4) is 0 Å². The number of likely N-dealkylation sites (N-methyl/N-ethyl adjacent to an activating group) is 1. The maximum Gasteiger partial charge on any atom is 0.129 e. The molecule has 1 fully saturated rings. The molecule has 1 aromatic rings. The van der Waals surface area contributed by atoms with Crippen LogP contribution in [-0.2, 0) is 0 Å². The fraction of sp³-hybridized carbons (Fsp3) is 0.688. The van der Waals surface area contributed by atoms with Gasteiger partial charge in [0.25, 0.3) is 0 Å². The summed E-state index contributed by atoms with van der Waals surface area (Å²) in [7, 11) is 4.11. The van der Waals surface area contributed by atoms with E-state index < -0.39 is 6.10 Å². The Labute approximate surface area is 122 Å². The summed E-state index contributed by atoms with van der Waals surface area (Å²) in [5.41, 5.74) is 7.57. The molecule has 4 nitrogen and oxygen atoms in total. The zero-order valence-electron chi connectivity index (χ0n) is 13.1. The number of aliphatic hydroxyl groups excluding tert-OH is 1. The summed E-state index contributed by atoms with van der Waals surface area (Å²) in [5.74, 6) is 1.19. The van der Waals surface area contributed by atoms with Gasteiger partial charge in [0, 0.05) is 11.8 Å². The van der Waals surface area contributed by atoms with Gasteiger partial charge in [-0.2, -0.15) is 0 Å². The number of anilines is 1. The average molecular weight is 277 g/mol. The molecule has 1 aliphatic rings. The Balaban J connectivity index is 2.36. The monoisotopic (exact) mass is 277 g/mol. The topological polar surface area (TPSA) is 62.4 Å². The summed E-state index contributed by atoms with van der Waals surface area (Å²) in [6.45, 7) is 4.27. The van der Waals surface area contributed by atoms with Crippen LogP contribution < -0.4 is 5.73 Å². The number of nitrogens with two attached hydrogens (primary N) is 1. The highest BCUT2D eigenvalue weighted by Gasteiger charge is 2.43. The number of pyridine rings is 1. The van der Waals surface area contributed by atoms with Crippen LogP contribution in [0.2, 0.25) is 0 Å². The molecule has 0 bridgehead atoms. The molecule has 1 aliphatic carbocycles. The molecule has 1 heterocycles. The van der Waals surface area contributed by atoms with Gasteiger partial charge in [-0.3, -0.25) is 0 Å². The lowest BCUT2D eigenvalue weighted by atomic mass is 9.71. The third-order valence-electron chi connectivity index (χ3n) is 4.92. The number of nitrogen functional groups attached to an aromatic ring is 1. The van der Waals surface area contributed by atoms with Crippen LogP contribution in [0.25, 0.3) is 0 Å². The standard InChI is InChI=1S/C16H27N3O/c1-11-5-7-16(8-6-11,19(3)4)14(20)13-9-12(2)10-18-15(13)17/h9-11,14,20H,5-8H2,1-4H3,(H2,17,18). The van der Waals surface area contributed by atoms with Crippen molar-refractivity contribution in [3.63, 3.8) is 0 Å². The number of aryl methyl sites for hydroxylation is 1. The van der Waals surface area contributed by atoms with Crippen molar-refractivity contribution in [1.82, 2.24) is 9.88 Å². The van der Waals surface area contributed by atoms with Crippen LogP contribution in [0.1, 0.15) is 49.8 Å². The first kappa shape index (κ1) is 15.3. The van der Waals surface area contributed by atoms with Crippen molar-refractivity contribution in [2.45, 2.75) is 51.2 Å². The molecule has 1 aromatic heterocycles. The molecule has 3 N–H and O–H groups in total. The second kappa shape index (κ2) is 5.70. The van der Waals surface area contributed by atoms with E-state index >= 15 is 0 Å². The van der Waals surface area contributed by atoms with Gasteiger partial charge in [-0.25, -0.2) is 4.98 Å². The first-order chi connectivity index (χ1) is 9.36. The largest absolute Gasteiger partial charge is 0.386 e. The van der Waals surface area contributed by atoms with E-state index in [4.69, 9.17) is 5.73 Å². The van der Waals surface area contributed by atoms with Crippen molar-refractivity contribution in [2.24, 2.45) is 5.92 Å². The summed E-state index contributed by atoms with van der Waals surface area (Å²) in [6, 6.07) is 1.97. The molecule has 2 rings (SSSR count). The van der Waals surface area contributed by atoms with E-state index in [0.29, 0.717) is 5.82 Å². The molecule has 20 heavy (non-hydrogen) atoms. The van der Waals surface area contributed by atoms with Gasteiger partial charge in [-0.15, -0.1) is 0 Å². The molecule has 0 saturated heterocycles. The highest BCUT2D eigenvalue weighted by Crippen LogP contribution is 2.44. The lowest BCUT2D eigenvalue weighted by Gasteiger charge is -2.48. The van der Waals surface area contributed by atoms with Gasteiger partial charge in [-0.05, 0) is 64.3 Å². The van der Waals surface area contributed by atoms with E-state index in [1.807, 2.05) is 13.0 Å². The van der Waals surface area contributed by atoms with Crippen molar-refractivity contribution in [3.8, 4) is 0 Å². The van der Waals surface area contributed by atoms with Gasteiger partial charge < -0.3 is 15.7 Å². The zero-order valence-corrected chi connectivity index (χ0v) is 13.1. The summed E-state index contributed by atoms with van der Waals surface area (Å²) < 4.78 is 0. The SMILES string of the molecule is Cc1cnc(N)c(C(O)C2(N(C)C)CCC(C)CC2)c1. The quantitative estimate of drug-likeness (QED) is 0.891. The number of hydrogen-bond acceptors (Lipinski definition) is 4. The zero-order chi connectivity index (χ0) is 14.9. The Morgan fingerprint density at radius 2 is 2.00 bits per heavy atom. The predicted molar refractivity (Wildman–Crippen MR) is 82.4 cm³/mol. The maximum atomic E-state index is 11.0. The first-order valence-corrected chi connectivity index (χ1v) is 7.44. The fourth-order valence-electron chi connectivity index (χ4n) is 3.34. The Morgan fingerprint density at radius 3 is 2.55 bits per heavy atom. The van der Waals surface area contributed by atoms with Gasteiger partial charge in [0.2, 0.25) is 0 Å². The molecular formula is C16H27N3O. The highest BCUT2D eigenvalue weighted by molar-refractivity contribution is 5.43. The summed E-state index contributed by atoms with van der Waals surface area (Å²) in [6.07, 6.45) is 5.45. The summed E-state index contributed by atoms with van der Waals surface area (Å²) in [4.78, 5) is 6.37. The lowest BCUT2D eigenvalue weighted by molar-refractivity contribution is -0.0406. The van der Waals surface area contributed by atoms with E-state index in [2.05, 4.69) is 30.9 Å². The van der Waals surface area contributed by atoms with E-state index in [0.717, 1.165) is 42.7 Å². The maximum absolute atomic E-state index is 11.0. The molecular weight excluding hydrogens is 250 g/mol. The molecule has 0 spiro atoms. The normalized spacial score (nSPS) is 28.6. The van der Waals surface area contributed by atoms with Crippen LogP contribution in [0.15, 0.2) is 12.3 Å². The van der Waals surface area contributed by atoms with Gasteiger partial charge in [0.05, 0.1) is 5.54 Å². The van der Waals surface area contributed by atoms with Crippen molar-refractivity contribution >= 4 is 5.82 Å². The fourth-order valence-corrected chi connectivity index (χ4v) is 3.34. The molecule has 1 unspecified atom stereocenters. The van der Waals surface area contributed by atoms with Crippen molar-refractivity contribution < 1.29 is 5.11 Å². The number of rotatable bonds is 3. The molecule has 0 radical (unpaired) electrons. The molecule has 0 aromatic carbocycles. The smallest absolute Gasteiger partial charge is 0.129 e. The minimum Gasteiger partial charge on any atom is -0.386 e. The minimum absolute atomic E-state index is 0.226. The van der Waals surface area contributed by atoms with Crippen LogP contribution in [0.5, 0.6) is 0 Å². The molecule has 1 atom stereocenters. The molecule has 0 aliphatic heterocycles. The third-order valence-corrected chi connectivity index (χ3v) is 4.92. The average Bonchev–Trinajstić information content (AvgIpc) is 2.41. The summed E-state index contributed by atoms with van der Waals surface area (Å²) >= 11 is 0. The molecule has 4 heteroatoms. The van der Waals surface area contributed by atoms with Crippen LogP contribution in [-0.4, -0.2) is 34.6 Å². The Bertz CT molecular complexity index is 465. The third kappa shape index (κ3) is 2.67. The molecule has 112 valence electrons. The Morgan fingerprint density at radius 1 is 1.40 bits per heavy atom. The van der Waals surface area contributed by atoms with Crippen LogP contribution >= 0.6 is 0 Å². The van der Waals surface area contributed by atoms with E-state index in [1.165, 1.54) is 0 Å². The second-order valence-corrected chi connectivity index (χ2v) is 6.57. The number of hydrogen-bond donors (Lipinski definition) is 2. The highest BCUT2D eigenvalue weighted by atomic mass is 16.3. The minimum atomic E-state index is -0.586. The van der Waals surface area contributed by atoms with Gasteiger partial charge in [0.15, 0.2) is 0 Å². The second-order valence-electron chi connectivity index (χ2n) is 6.57. The molecule has 1 saturated carbocycles. The Hall–Kier alpha value is -1.13. The first-order valence-electron chi connectivity index (χ1n) is 7.44. The number of aromatic nitrogens is 1. The van der Waals surface area contributed by atoms with Gasteiger partial charge in [-0.1, -0.05) is 6.92 Å². The summed E-state index contributed by atoms with van der Waals surface area (Å²) in [5, 5.41) is 11.0. The van der Waals surface area contributed by atoms with Crippen molar-refractivity contribution in [3.05, 3.63) is 23.4 Å². The van der Waals surface area contributed by atoms with Crippen molar-refractivity contribution in [1.29, 1.82) is 0 Å². The van der Waals surface area contributed by atoms with Crippen LogP contribution in [0, 0.1) is 12.8 Å². The van der Waals surface area contributed by atoms with Gasteiger partial charge in [0.1, 0.15) is 11.9 Å². The van der Waals surface area contributed by atoms with E-state index in [-0.39, 0.29) is 5.54 Å². The van der Waals surface area contributed by atoms with Gasteiger partial charge >= 0.3 is 0 Å². The number of nitrogens with zero attached hydrogens (tertiary/aromatic N) is 2. The van der Waals surface area contributed by atoms with Crippen LogP contribution in [0.4, 0.5) is 5.82 Å². The lowest BCUT2D eigenvalue weighted by Crippen LogP contribution is -2.51. The molecule has 0 amide bonds.